The van der Waals surface area contributed by atoms with Crippen LogP contribution in [0.1, 0.15) is 39.7 Å². The summed E-state index contributed by atoms with van der Waals surface area (Å²) in [4.78, 5) is 14.0. The van der Waals surface area contributed by atoms with E-state index in [-0.39, 0.29) is 12.1 Å². The third-order valence-electron chi connectivity index (χ3n) is 3.85. The van der Waals surface area contributed by atoms with Gasteiger partial charge in [0.05, 0.1) is 11.6 Å². The second kappa shape index (κ2) is 5.68. The van der Waals surface area contributed by atoms with E-state index in [4.69, 9.17) is 4.74 Å². The van der Waals surface area contributed by atoms with Crippen molar-refractivity contribution in [1.82, 2.24) is 4.90 Å². The van der Waals surface area contributed by atoms with E-state index in [1.807, 2.05) is 51.1 Å². The van der Waals surface area contributed by atoms with Crippen LogP contribution in [0.2, 0.25) is 0 Å². The van der Waals surface area contributed by atoms with Gasteiger partial charge >= 0.3 is 6.09 Å². The summed E-state index contributed by atoms with van der Waals surface area (Å²) < 4.78 is 5.46. The molecule has 0 unspecified atom stereocenters. The molecule has 1 aliphatic heterocycles. The predicted octanol–water partition coefficient (Wildman–Crippen LogP) is 2.99. The fourth-order valence-electron chi connectivity index (χ4n) is 2.71. The number of rotatable bonds is 2. The molecule has 1 N–H and O–H groups in total. The molecule has 2 rings (SSSR count). The zero-order valence-electron chi connectivity index (χ0n) is 13.3. The van der Waals surface area contributed by atoms with Gasteiger partial charge < -0.3 is 14.7 Å². The first-order chi connectivity index (χ1) is 9.69. The summed E-state index contributed by atoms with van der Waals surface area (Å²) in [5.41, 5.74) is -0.298. The Morgan fingerprint density at radius 2 is 2.00 bits per heavy atom. The zero-order valence-corrected chi connectivity index (χ0v) is 13.3. The molecule has 1 aliphatic rings. The minimum atomic E-state index is -0.882. The average Bonchev–Trinajstić information content (AvgIpc) is 2.65. The standard InChI is InChI=1S/C17H25NO3/c1-16(2,3)21-15(19)18-11-10-17(4,20)14(18)12-13-8-6-5-7-9-13/h5-9,14,20H,10-12H2,1-4H3/t14-,17-/m0/s1. The van der Waals surface area contributed by atoms with Crippen LogP contribution in [0.15, 0.2) is 30.3 Å². The number of amides is 1. The number of carbonyl (C=O) groups is 1. The van der Waals surface area contributed by atoms with Gasteiger partial charge in [0.15, 0.2) is 0 Å². The largest absolute Gasteiger partial charge is 0.444 e. The van der Waals surface area contributed by atoms with E-state index in [1.165, 1.54) is 0 Å². The van der Waals surface area contributed by atoms with Crippen molar-refractivity contribution in [2.24, 2.45) is 0 Å². The van der Waals surface area contributed by atoms with E-state index in [0.717, 1.165) is 5.56 Å². The average molecular weight is 291 g/mol. The predicted molar refractivity (Wildman–Crippen MR) is 82.1 cm³/mol. The fourth-order valence-corrected chi connectivity index (χ4v) is 2.71. The van der Waals surface area contributed by atoms with Crippen LogP contribution >= 0.6 is 0 Å². The third-order valence-corrected chi connectivity index (χ3v) is 3.85. The van der Waals surface area contributed by atoms with E-state index in [9.17, 15) is 9.90 Å². The second-order valence-electron chi connectivity index (χ2n) is 6.99. The van der Waals surface area contributed by atoms with Gasteiger partial charge in [-0.25, -0.2) is 4.79 Å². The summed E-state index contributed by atoms with van der Waals surface area (Å²) in [5, 5.41) is 10.6. The van der Waals surface area contributed by atoms with Gasteiger partial charge in [-0.15, -0.1) is 0 Å². The van der Waals surface area contributed by atoms with E-state index in [0.29, 0.717) is 19.4 Å². The summed E-state index contributed by atoms with van der Waals surface area (Å²) in [6, 6.07) is 9.67. The highest BCUT2D eigenvalue weighted by atomic mass is 16.6. The molecule has 1 fully saturated rings. The molecule has 4 nitrogen and oxygen atoms in total. The lowest BCUT2D eigenvalue weighted by Gasteiger charge is -2.33. The highest BCUT2D eigenvalue weighted by Gasteiger charge is 2.45. The molecule has 1 heterocycles. The molecular formula is C17H25NO3. The van der Waals surface area contributed by atoms with Gasteiger partial charge in [0.2, 0.25) is 0 Å². The van der Waals surface area contributed by atoms with E-state index in [2.05, 4.69) is 0 Å². The molecule has 1 saturated heterocycles. The van der Waals surface area contributed by atoms with Crippen LogP contribution in [0.5, 0.6) is 0 Å². The number of hydrogen-bond donors (Lipinski definition) is 1. The molecule has 116 valence electrons. The number of ether oxygens (including phenoxy) is 1. The molecule has 0 aliphatic carbocycles. The number of benzene rings is 1. The monoisotopic (exact) mass is 291 g/mol. The third kappa shape index (κ3) is 3.97. The lowest BCUT2D eigenvalue weighted by Crippen LogP contribution is -2.48. The topological polar surface area (TPSA) is 49.8 Å². The molecular weight excluding hydrogens is 266 g/mol. The van der Waals surface area contributed by atoms with E-state index in [1.54, 1.807) is 11.8 Å². The van der Waals surface area contributed by atoms with Gasteiger partial charge in [-0.05, 0) is 46.1 Å². The molecule has 4 heteroatoms. The summed E-state index contributed by atoms with van der Waals surface area (Å²) in [6.07, 6.45) is 0.859. The molecule has 0 saturated carbocycles. The van der Waals surface area contributed by atoms with Crippen LogP contribution in [-0.4, -0.2) is 39.9 Å². The maximum Gasteiger partial charge on any atom is 0.410 e. The van der Waals surface area contributed by atoms with Gasteiger partial charge in [-0.2, -0.15) is 0 Å². The van der Waals surface area contributed by atoms with Crippen molar-refractivity contribution < 1.29 is 14.6 Å². The van der Waals surface area contributed by atoms with Gasteiger partial charge in [-0.1, -0.05) is 30.3 Å². The maximum atomic E-state index is 12.3. The highest BCUT2D eigenvalue weighted by Crippen LogP contribution is 2.32. The number of nitrogens with zero attached hydrogens (tertiary/aromatic N) is 1. The van der Waals surface area contributed by atoms with Crippen LogP contribution in [0, 0.1) is 0 Å². The molecule has 1 amide bonds. The van der Waals surface area contributed by atoms with Crippen LogP contribution in [0.25, 0.3) is 0 Å². The summed E-state index contributed by atoms with van der Waals surface area (Å²) in [6.45, 7) is 7.88. The first kappa shape index (κ1) is 15.8. The van der Waals surface area contributed by atoms with E-state index < -0.39 is 11.2 Å². The lowest BCUT2D eigenvalue weighted by atomic mass is 9.91. The van der Waals surface area contributed by atoms with Crippen molar-refractivity contribution in [2.75, 3.05) is 6.54 Å². The van der Waals surface area contributed by atoms with Gasteiger partial charge in [0.25, 0.3) is 0 Å². The Hall–Kier alpha value is -1.55. The van der Waals surface area contributed by atoms with Crippen LogP contribution in [-0.2, 0) is 11.2 Å². The normalized spacial score (nSPS) is 26.0. The SMILES string of the molecule is CC(C)(C)OC(=O)N1CC[C@](C)(O)[C@@H]1Cc1ccccc1. The van der Waals surface area contributed by atoms with Crippen molar-refractivity contribution in [1.29, 1.82) is 0 Å². The Morgan fingerprint density at radius 1 is 1.38 bits per heavy atom. The van der Waals surface area contributed by atoms with Crippen molar-refractivity contribution in [3.8, 4) is 0 Å². The van der Waals surface area contributed by atoms with Crippen LogP contribution < -0.4 is 0 Å². The van der Waals surface area contributed by atoms with Crippen molar-refractivity contribution in [3.05, 3.63) is 35.9 Å². The Labute approximate surface area is 126 Å². The van der Waals surface area contributed by atoms with Crippen LogP contribution in [0.3, 0.4) is 0 Å². The Bertz CT molecular complexity index is 491. The summed E-state index contributed by atoms with van der Waals surface area (Å²) in [7, 11) is 0. The van der Waals surface area contributed by atoms with Gasteiger partial charge in [0, 0.05) is 6.54 Å². The summed E-state index contributed by atoms with van der Waals surface area (Å²) in [5.74, 6) is 0. The number of carbonyl (C=O) groups excluding carboxylic acids is 1. The molecule has 21 heavy (non-hydrogen) atoms. The molecule has 0 spiro atoms. The van der Waals surface area contributed by atoms with Gasteiger partial charge in [-0.3, -0.25) is 0 Å². The first-order valence-corrected chi connectivity index (χ1v) is 7.45. The number of hydrogen-bond acceptors (Lipinski definition) is 3. The quantitative estimate of drug-likeness (QED) is 0.911. The molecule has 0 aromatic heterocycles. The van der Waals surface area contributed by atoms with Crippen LogP contribution in [0.4, 0.5) is 4.79 Å². The fraction of sp³-hybridized carbons (Fsp3) is 0.588. The number of likely N-dealkylation sites (tertiary alicyclic amines) is 1. The number of aliphatic hydroxyl groups is 1. The Balaban J connectivity index is 2.15. The van der Waals surface area contributed by atoms with Gasteiger partial charge in [0.1, 0.15) is 5.60 Å². The highest BCUT2D eigenvalue weighted by molar-refractivity contribution is 5.69. The zero-order chi connectivity index (χ0) is 15.7. The Kier molecular flexibility index (Phi) is 4.28. The van der Waals surface area contributed by atoms with Crippen molar-refractivity contribution in [3.63, 3.8) is 0 Å². The lowest BCUT2D eigenvalue weighted by molar-refractivity contribution is -0.00604. The Morgan fingerprint density at radius 3 is 2.57 bits per heavy atom. The first-order valence-electron chi connectivity index (χ1n) is 7.45. The van der Waals surface area contributed by atoms with E-state index >= 15 is 0 Å². The minimum absolute atomic E-state index is 0.255. The molecule has 2 atom stereocenters. The minimum Gasteiger partial charge on any atom is -0.444 e. The molecule has 1 aromatic carbocycles. The molecule has 1 aromatic rings. The molecule has 0 radical (unpaired) electrons. The second-order valence-corrected chi connectivity index (χ2v) is 6.99. The smallest absolute Gasteiger partial charge is 0.410 e. The maximum absolute atomic E-state index is 12.3. The van der Waals surface area contributed by atoms with Crippen molar-refractivity contribution >= 4 is 6.09 Å². The summed E-state index contributed by atoms with van der Waals surface area (Å²) >= 11 is 0. The van der Waals surface area contributed by atoms with Crippen molar-refractivity contribution in [2.45, 2.75) is 57.8 Å². The molecule has 0 bridgehead atoms.